The Morgan fingerprint density at radius 2 is 2.00 bits per heavy atom. The maximum Gasteiger partial charge on any atom is 0.252 e. The Bertz CT molecular complexity index is 891. The van der Waals surface area contributed by atoms with Gasteiger partial charge < -0.3 is 5.32 Å². The molecule has 1 aromatic heterocycles. The molecule has 2 aromatic rings. The molecule has 0 radical (unpaired) electrons. The van der Waals surface area contributed by atoms with Crippen LogP contribution in [0.1, 0.15) is 19.8 Å². The third kappa shape index (κ3) is 3.90. The van der Waals surface area contributed by atoms with Crippen molar-refractivity contribution >= 4 is 27.3 Å². The van der Waals surface area contributed by atoms with Crippen LogP contribution in [-0.4, -0.2) is 37.3 Å². The van der Waals surface area contributed by atoms with E-state index in [1.54, 1.807) is 10.4 Å². The molecule has 1 aliphatic rings. The van der Waals surface area contributed by atoms with Crippen molar-refractivity contribution in [3.05, 3.63) is 55.1 Å². The van der Waals surface area contributed by atoms with Crippen LogP contribution in [0, 0.1) is 0 Å². The average molecular weight is 391 g/mol. The number of carbonyl (C=O) groups excluding carboxylic acids is 1. The lowest BCUT2D eigenvalue weighted by molar-refractivity contribution is -0.117. The van der Waals surface area contributed by atoms with Gasteiger partial charge in [0.2, 0.25) is 5.91 Å². The first-order valence-corrected chi connectivity index (χ1v) is 10.8. The van der Waals surface area contributed by atoms with Crippen LogP contribution in [0.2, 0.25) is 0 Å². The zero-order chi connectivity index (χ0) is 18.7. The summed E-state index contributed by atoms with van der Waals surface area (Å²) >= 11 is 1.29. The van der Waals surface area contributed by atoms with Gasteiger partial charge in [0.1, 0.15) is 4.21 Å². The number of carbonyl (C=O) groups is 1. The van der Waals surface area contributed by atoms with E-state index in [1.165, 1.54) is 17.4 Å². The van der Waals surface area contributed by atoms with Gasteiger partial charge in [-0.15, -0.1) is 11.3 Å². The lowest BCUT2D eigenvalue weighted by Crippen LogP contribution is -2.50. The van der Waals surface area contributed by atoms with Crippen LogP contribution >= 0.6 is 11.3 Å². The second-order valence-corrected chi connectivity index (χ2v) is 9.58. The van der Waals surface area contributed by atoms with E-state index in [9.17, 15) is 13.2 Å². The minimum atomic E-state index is -3.54. The van der Waals surface area contributed by atoms with Gasteiger partial charge in [0, 0.05) is 23.5 Å². The molecule has 3 rings (SSSR count). The van der Waals surface area contributed by atoms with E-state index >= 15 is 0 Å². The van der Waals surface area contributed by atoms with Crippen molar-refractivity contribution in [3.63, 3.8) is 0 Å². The zero-order valence-electron chi connectivity index (χ0n) is 14.6. The quantitative estimate of drug-likeness (QED) is 0.797. The molecule has 138 valence electrons. The molecule has 1 aromatic carbocycles. The monoisotopic (exact) mass is 390 g/mol. The fraction of sp³-hybridized carbons (Fsp3) is 0.316. The Labute approximate surface area is 158 Å². The molecular formula is C19H22N2O3S2. The van der Waals surface area contributed by atoms with Crippen molar-refractivity contribution in [2.24, 2.45) is 0 Å². The van der Waals surface area contributed by atoms with Gasteiger partial charge in [-0.3, -0.25) is 4.79 Å². The molecule has 26 heavy (non-hydrogen) atoms. The second-order valence-electron chi connectivity index (χ2n) is 6.38. The lowest BCUT2D eigenvalue weighted by Gasteiger charge is -2.36. The summed E-state index contributed by atoms with van der Waals surface area (Å²) in [6, 6.07) is 13.1. The van der Waals surface area contributed by atoms with E-state index in [1.807, 2.05) is 43.3 Å². The molecule has 2 atom stereocenters. The van der Waals surface area contributed by atoms with E-state index < -0.39 is 10.0 Å². The van der Waals surface area contributed by atoms with Gasteiger partial charge in [0.25, 0.3) is 10.0 Å². The van der Waals surface area contributed by atoms with E-state index in [-0.39, 0.29) is 18.0 Å². The van der Waals surface area contributed by atoms with Crippen LogP contribution in [0.3, 0.4) is 0 Å². The highest BCUT2D eigenvalue weighted by atomic mass is 32.2. The number of piperidine rings is 1. The topological polar surface area (TPSA) is 66.5 Å². The highest BCUT2D eigenvalue weighted by molar-refractivity contribution is 7.91. The average Bonchev–Trinajstić information content (AvgIpc) is 3.13. The smallest absolute Gasteiger partial charge is 0.252 e. The molecule has 5 nitrogen and oxygen atoms in total. The van der Waals surface area contributed by atoms with Crippen LogP contribution in [0.5, 0.6) is 0 Å². The van der Waals surface area contributed by atoms with Crippen LogP contribution in [0.15, 0.2) is 59.3 Å². The van der Waals surface area contributed by atoms with Crippen LogP contribution in [0.25, 0.3) is 10.4 Å². The predicted molar refractivity (Wildman–Crippen MR) is 104 cm³/mol. The first-order chi connectivity index (χ1) is 12.4. The minimum Gasteiger partial charge on any atom is -0.350 e. The van der Waals surface area contributed by atoms with Crippen molar-refractivity contribution in [2.75, 3.05) is 6.54 Å². The summed E-state index contributed by atoms with van der Waals surface area (Å²) in [4.78, 5) is 12.4. The molecule has 0 spiro atoms. The summed E-state index contributed by atoms with van der Waals surface area (Å²) in [5.74, 6) is -0.218. The van der Waals surface area contributed by atoms with Crippen molar-refractivity contribution in [1.82, 2.24) is 9.62 Å². The Balaban J connectivity index is 1.76. The minimum absolute atomic E-state index is 0.0230. The molecule has 2 unspecified atom stereocenters. The fourth-order valence-corrected chi connectivity index (χ4v) is 6.33. The first-order valence-electron chi connectivity index (χ1n) is 8.52. The number of hydrogen-bond donors (Lipinski definition) is 1. The van der Waals surface area contributed by atoms with Crippen molar-refractivity contribution < 1.29 is 13.2 Å². The Kier molecular flexibility index (Phi) is 5.60. The molecule has 7 heteroatoms. The largest absolute Gasteiger partial charge is 0.350 e. The highest BCUT2D eigenvalue weighted by Crippen LogP contribution is 2.34. The Morgan fingerprint density at radius 3 is 2.65 bits per heavy atom. The van der Waals surface area contributed by atoms with E-state index in [0.29, 0.717) is 23.6 Å². The van der Waals surface area contributed by atoms with Gasteiger partial charge in [-0.1, -0.05) is 36.9 Å². The zero-order valence-corrected chi connectivity index (χ0v) is 16.2. The number of sulfonamides is 1. The predicted octanol–water partition coefficient (Wildman–Crippen LogP) is 3.26. The highest BCUT2D eigenvalue weighted by Gasteiger charge is 2.35. The summed E-state index contributed by atoms with van der Waals surface area (Å²) in [5, 5.41) is 2.86. The van der Waals surface area contributed by atoms with Gasteiger partial charge in [-0.2, -0.15) is 4.31 Å². The van der Waals surface area contributed by atoms with Crippen LogP contribution < -0.4 is 5.32 Å². The summed E-state index contributed by atoms with van der Waals surface area (Å²) in [6.45, 7) is 5.73. The Hall–Kier alpha value is -1.96. The number of benzene rings is 1. The molecule has 1 saturated heterocycles. The maximum atomic E-state index is 13.1. The van der Waals surface area contributed by atoms with Gasteiger partial charge in [-0.05, 0) is 43.5 Å². The molecule has 0 aliphatic carbocycles. The van der Waals surface area contributed by atoms with Gasteiger partial charge in [0.15, 0.2) is 0 Å². The van der Waals surface area contributed by atoms with Gasteiger partial charge in [-0.25, -0.2) is 8.42 Å². The van der Waals surface area contributed by atoms with Crippen molar-refractivity contribution in [2.45, 2.75) is 36.1 Å². The number of nitrogens with one attached hydrogen (secondary N) is 1. The van der Waals surface area contributed by atoms with Crippen molar-refractivity contribution in [3.8, 4) is 10.4 Å². The lowest BCUT2D eigenvalue weighted by atomic mass is 10.0. The molecule has 1 amide bonds. The summed E-state index contributed by atoms with van der Waals surface area (Å²) < 4.78 is 28.0. The second kappa shape index (κ2) is 7.73. The summed E-state index contributed by atoms with van der Waals surface area (Å²) in [7, 11) is -3.54. The van der Waals surface area contributed by atoms with Gasteiger partial charge >= 0.3 is 0 Å². The van der Waals surface area contributed by atoms with E-state index in [4.69, 9.17) is 0 Å². The molecular weight excluding hydrogens is 368 g/mol. The number of thiophene rings is 1. The molecule has 2 heterocycles. The Morgan fingerprint density at radius 1 is 1.27 bits per heavy atom. The summed E-state index contributed by atoms with van der Waals surface area (Å²) in [5.41, 5.74) is 1.01. The SMILES string of the molecule is C=CC(=O)NC1CCN(S(=O)(=O)c2ccc(-c3ccccc3)s2)C(C)C1. The normalized spacial score (nSPS) is 21.3. The van der Waals surface area contributed by atoms with Crippen molar-refractivity contribution in [1.29, 1.82) is 0 Å². The third-order valence-electron chi connectivity index (χ3n) is 4.55. The standard InChI is InChI=1S/C19H22N2O3S2/c1-3-18(22)20-16-11-12-21(14(2)13-16)26(23,24)19-10-9-17(25-19)15-7-5-4-6-8-15/h3-10,14,16H,1,11-13H2,2H3,(H,20,22). The molecule has 1 aliphatic heterocycles. The first kappa shape index (κ1) is 18.8. The number of amides is 1. The molecule has 1 N–H and O–H groups in total. The molecule has 0 bridgehead atoms. The molecule has 0 saturated carbocycles. The summed E-state index contributed by atoms with van der Waals surface area (Å²) in [6.07, 6.45) is 2.43. The van der Waals surface area contributed by atoms with Crippen LogP contribution in [-0.2, 0) is 14.8 Å². The number of nitrogens with zero attached hydrogens (tertiary/aromatic N) is 1. The number of rotatable bonds is 5. The van der Waals surface area contributed by atoms with E-state index in [0.717, 1.165) is 10.4 Å². The third-order valence-corrected chi connectivity index (χ3v) is 8.16. The fourth-order valence-electron chi connectivity index (χ4n) is 3.23. The number of hydrogen-bond acceptors (Lipinski definition) is 4. The maximum absolute atomic E-state index is 13.1. The van der Waals surface area contributed by atoms with E-state index in [2.05, 4.69) is 11.9 Å². The van der Waals surface area contributed by atoms with Gasteiger partial charge in [0.05, 0.1) is 0 Å². The van der Waals surface area contributed by atoms with Crippen LogP contribution in [0.4, 0.5) is 0 Å². The molecule has 1 fully saturated rings.